The van der Waals surface area contributed by atoms with Crippen LogP contribution in [0.15, 0.2) is 0 Å². The third kappa shape index (κ3) is 3.18. The van der Waals surface area contributed by atoms with E-state index in [-0.39, 0.29) is 6.10 Å². The highest BCUT2D eigenvalue weighted by Crippen LogP contribution is 2.07. The van der Waals surface area contributed by atoms with Crippen LogP contribution in [-0.2, 0) is 0 Å². The maximum absolute atomic E-state index is 9.17. The molecule has 0 amide bonds. The SMILES string of the molecule is NC[C@H](O)CCN1CCCC1. The van der Waals surface area contributed by atoms with Gasteiger partial charge >= 0.3 is 0 Å². The molecule has 1 fully saturated rings. The second-order valence-corrected chi connectivity index (χ2v) is 3.23. The Hall–Kier alpha value is -0.120. The lowest BCUT2D eigenvalue weighted by Crippen LogP contribution is -2.27. The van der Waals surface area contributed by atoms with Crippen LogP contribution < -0.4 is 5.73 Å². The minimum absolute atomic E-state index is 0.296. The van der Waals surface area contributed by atoms with Gasteiger partial charge in [-0.2, -0.15) is 0 Å². The summed E-state index contributed by atoms with van der Waals surface area (Å²) in [5.41, 5.74) is 5.29. The topological polar surface area (TPSA) is 49.5 Å². The molecular formula is C8H18N2O. The van der Waals surface area contributed by atoms with Crippen LogP contribution in [0.5, 0.6) is 0 Å². The minimum Gasteiger partial charge on any atom is -0.392 e. The van der Waals surface area contributed by atoms with Crippen LogP contribution in [0.4, 0.5) is 0 Å². The molecular weight excluding hydrogens is 140 g/mol. The predicted molar refractivity (Wildman–Crippen MR) is 45.4 cm³/mol. The number of likely N-dealkylation sites (tertiary alicyclic amines) is 1. The van der Waals surface area contributed by atoms with E-state index in [1.54, 1.807) is 0 Å². The molecule has 1 rings (SSSR count). The molecule has 0 aliphatic carbocycles. The summed E-state index contributed by atoms with van der Waals surface area (Å²) < 4.78 is 0. The molecule has 1 aliphatic heterocycles. The average Bonchev–Trinajstić information content (AvgIpc) is 2.52. The smallest absolute Gasteiger partial charge is 0.0674 e. The van der Waals surface area contributed by atoms with Crippen molar-refractivity contribution in [2.75, 3.05) is 26.2 Å². The van der Waals surface area contributed by atoms with E-state index in [4.69, 9.17) is 10.8 Å². The zero-order valence-electron chi connectivity index (χ0n) is 7.00. The lowest BCUT2D eigenvalue weighted by Gasteiger charge is -2.16. The van der Waals surface area contributed by atoms with Gasteiger partial charge < -0.3 is 15.7 Å². The first kappa shape index (κ1) is 8.97. The first-order valence-corrected chi connectivity index (χ1v) is 4.43. The van der Waals surface area contributed by atoms with Crippen molar-refractivity contribution in [3.63, 3.8) is 0 Å². The highest BCUT2D eigenvalue weighted by atomic mass is 16.3. The van der Waals surface area contributed by atoms with Crippen LogP contribution in [0.2, 0.25) is 0 Å². The Morgan fingerprint density at radius 3 is 2.55 bits per heavy atom. The lowest BCUT2D eigenvalue weighted by atomic mass is 10.2. The van der Waals surface area contributed by atoms with Crippen LogP contribution in [-0.4, -0.2) is 42.3 Å². The molecule has 0 bridgehead atoms. The van der Waals surface area contributed by atoms with Gasteiger partial charge in [0.05, 0.1) is 6.10 Å². The normalized spacial score (nSPS) is 22.4. The van der Waals surface area contributed by atoms with Gasteiger partial charge in [0.1, 0.15) is 0 Å². The highest BCUT2D eigenvalue weighted by Gasteiger charge is 2.12. The fraction of sp³-hybridized carbons (Fsp3) is 1.00. The summed E-state index contributed by atoms with van der Waals surface area (Å²) >= 11 is 0. The number of aliphatic hydroxyl groups excluding tert-OH is 1. The summed E-state index contributed by atoms with van der Waals surface area (Å²) in [4.78, 5) is 2.39. The molecule has 66 valence electrons. The molecule has 3 heteroatoms. The zero-order chi connectivity index (χ0) is 8.10. The van der Waals surface area contributed by atoms with Crippen LogP contribution in [0.3, 0.4) is 0 Å². The van der Waals surface area contributed by atoms with Gasteiger partial charge in [0.15, 0.2) is 0 Å². The van der Waals surface area contributed by atoms with E-state index in [2.05, 4.69) is 4.90 Å². The van der Waals surface area contributed by atoms with E-state index in [1.165, 1.54) is 25.9 Å². The summed E-state index contributed by atoms with van der Waals surface area (Å²) in [5, 5.41) is 9.17. The molecule has 0 saturated carbocycles. The summed E-state index contributed by atoms with van der Waals surface area (Å²) in [6.45, 7) is 3.82. The van der Waals surface area contributed by atoms with Crippen LogP contribution in [0.25, 0.3) is 0 Å². The van der Waals surface area contributed by atoms with Gasteiger partial charge in [0.25, 0.3) is 0 Å². The molecule has 0 aromatic rings. The molecule has 1 saturated heterocycles. The van der Waals surface area contributed by atoms with Crippen molar-refractivity contribution in [1.29, 1.82) is 0 Å². The quantitative estimate of drug-likeness (QED) is 0.595. The van der Waals surface area contributed by atoms with Crippen molar-refractivity contribution in [1.82, 2.24) is 4.90 Å². The van der Waals surface area contributed by atoms with Gasteiger partial charge in [0, 0.05) is 13.1 Å². The fourth-order valence-electron chi connectivity index (χ4n) is 1.46. The monoisotopic (exact) mass is 158 g/mol. The Morgan fingerprint density at radius 1 is 1.36 bits per heavy atom. The van der Waals surface area contributed by atoms with E-state index >= 15 is 0 Å². The number of rotatable bonds is 4. The largest absolute Gasteiger partial charge is 0.392 e. The Kier molecular flexibility index (Phi) is 3.83. The van der Waals surface area contributed by atoms with Gasteiger partial charge in [-0.05, 0) is 32.4 Å². The number of hydrogen-bond donors (Lipinski definition) is 2. The van der Waals surface area contributed by atoms with Crippen molar-refractivity contribution in [2.24, 2.45) is 5.73 Å². The van der Waals surface area contributed by atoms with E-state index < -0.39 is 0 Å². The molecule has 3 N–H and O–H groups in total. The Balaban J connectivity index is 2.01. The molecule has 0 spiro atoms. The Labute approximate surface area is 68.2 Å². The third-order valence-corrected chi connectivity index (χ3v) is 2.25. The van der Waals surface area contributed by atoms with Gasteiger partial charge in [-0.15, -0.1) is 0 Å². The number of aliphatic hydroxyl groups is 1. The van der Waals surface area contributed by atoms with Gasteiger partial charge in [-0.3, -0.25) is 0 Å². The molecule has 11 heavy (non-hydrogen) atoms. The molecule has 3 nitrogen and oxygen atoms in total. The van der Waals surface area contributed by atoms with Gasteiger partial charge in [0.2, 0.25) is 0 Å². The van der Waals surface area contributed by atoms with Crippen molar-refractivity contribution in [3.05, 3.63) is 0 Å². The van der Waals surface area contributed by atoms with Crippen molar-refractivity contribution >= 4 is 0 Å². The Morgan fingerprint density at radius 2 is 2.00 bits per heavy atom. The number of nitrogens with two attached hydrogens (primary N) is 1. The Bertz CT molecular complexity index is 102. The second kappa shape index (κ2) is 4.70. The molecule has 1 heterocycles. The van der Waals surface area contributed by atoms with Crippen LogP contribution in [0.1, 0.15) is 19.3 Å². The highest BCUT2D eigenvalue weighted by molar-refractivity contribution is 4.68. The summed E-state index contributed by atoms with van der Waals surface area (Å²) in [5.74, 6) is 0. The molecule has 0 radical (unpaired) electrons. The van der Waals surface area contributed by atoms with E-state index in [0.717, 1.165) is 13.0 Å². The van der Waals surface area contributed by atoms with Crippen molar-refractivity contribution in [3.8, 4) is 0 Å². The van der Waals surface area contributed by atoms with Crippen LogP contribution >= 0.6 is 0 Å². The molecule has 1 aliphatic rings. The van der Waals surface area contributed by atoms with Crippen molar-refractivity contribution < 1.29 is 5.11 Å². The molecule has 0 unspecified atom stereocenters. The van der Waals surface area contributed by atoms with E-state index in [0.29, 0.717) is 6.54 Å². The summed E-state index contributed by atoms with van der Waals surface area (Å²) in [6.07, 6.45) is 3.17. The minimum atomic E-state index is -0.296. The molecule has 0 aromatic carbocycles. The maximum atomic E-state index is 9.17. The van der Waals surface area contributed by atoms with E-state index in [9.17, 15) is 0 Å². The molecule has 0 aromatic heterocycles. The second-order valence-electron chi connectivity index (χ2n) is 3.23. The first-order valence-electron chi connectivity index (χ1n) is 4.43. The van der Waals surface area contributed by atoms with Crippen LogP contribution in [0, 0.1) is 0 Å². The zero-order valence-corrected chi connectivity index (χ0v) is 7.00. The van der Waals surface area contributed by atoms with Gasteiger partial charge in [-0.1, -0.05) is 0 Å². The maximum Gasteiger partial charge on any atom is 0.0674 e. The van der Waals surface area contributed by atoms with Crippen molar-refractivity contribution in [2.45, 2.75) is 25.4 Å². The summed E-state index contributed by atoms with van der Waals surface area (Å²) in [6, 6.07) is 0. The predicted octanol–water partition coefficient (Wildman–Crippen LogP) is -0.208. The third-order valence-electron chi connectivity index (χ3n) is 2.25. The fourth-order valence-corrected chi connectivity index (χ4v) is 1.46. The van der Waals surface area contributed by atoms with Gasteiger partial charge in [-0.25, -0.2) is 0 Å². The van der Waals surface area contributed by atoms with E-state index in [1.807, 2.05) is 0 Å². The standard InChI is InChI=1S/C8H18N2O/c9-7-8(11)3-6-10-4-1-2-5-10/h8,11H,1-7,9H2/t8-/m1/s1. The number of nitrogens with zero attached hydrogens (tertiary/aromatic N) is 1. The first-order chi connectivity index (χ1) is 5.33. The summed E-state index contributed by atoms with van der Waals surface area (Å²) in [7, 11) is 0. The lowest BCUT2D eigenvalue weighted by molar-refractivity contribution is 0.154. The average molecular weight is 158 g/mol. The number of hydrogen-bond acceptors (Lipinski definition) is 3. The molecule has 1 atom stereocenters.